The molecule has 0 aromatic carbocycles. The molecule has 0 radical (unpaired) electrons. The van der Waals surface area contributed by atoms with Crippen molar-refractivity contribution in [3.63, 3.8) is 0 Å². The van der Waals surface area contributed by atoms with Crippen LogP contribution in [0.15, 0.2) is 0 Å². The highest BCUT2D eigenvalue weighted by molar-refractivity contribution is 5.69. The van der Waals surface area contributed by atoms with Crippen LogP contribution in [0.1, 0.15) is 91.9 Å². The first-order valence-corrected chi connectivity index (χ1v) is 8.68. The summed E-state index contributed by atoms with van der Waals surface area (Å²) in [4.78, 5) is 11.4. The van der Waals surface area contributed by atoms with Crippen molar-refractivity contribution in [1.82, 2.24) is 0 Å². The van der Waals surface area contributed by atoms with E-state index in [0.29, 0.717) is 18.9 Å². The third-order valence-corrected chi connectivity index (χ3v) is 3.49. The number of hydrogen-bond donors (Lipinski definition) is 0. The van der Waals surface area contributed by atoms with Crippen molar-refractivity contribution in [2.45, 2.75) is 91.9 Å². The summed E-state index contributed by atoms with van der Waals surface area (Å²) in [7, 11) is 0. The predicted molar refractivity (Wildman–Crippen MR) is 86.8 cm³/mol. The third-order valence-electron chi connectivity index (χ3n) is 3.49. The summed E-state index contributed by atoms with van der Waals surface area (Å²) in [6, 6.07) is 0. The normalized spacial score (nSPS) is 11.3. The monoisotopic (exact) mass is 284 g/mol. The fraction of sp³-hybridized carbons (Fsp3) is 0.944. The minimum Gasteiger partial charge on any atom is -0.465 e. The molecular weight excluding hydrogens is 248 g/mol. The molecule has 0 amide bonds. The summed E-state index contributed by atoms with van der Waals surface area (Å²) in [6.07, 6.45) is 12.2. The van der Waals surface area contributed by atoms with Crippen molar-refractivity contribution in [1.29, 1.82) is 0 Å². The standard InChI is InChI=1S/C18H36O2/c1-16(2)13-11-9-7-5-6-8-10-12-14-18(19)20-15-17(3)4/h16-17H,5-15H2,1-4H3. The van der Waals surface area contributed by atoms with Gasteiger partial charge in [-0.2, -0.15) is 0 Å². The molecule has 0 aliphatic rings. The first-order valence-electron chi connectivity index (χ1n) is 8.68. The summed E-state index contributed by atoms with van der Waals surface area (Å²) in [6.45, 7) is 9.29. The molecule has 0 aromatic heterocycles. The Balaban J connectivity index is 3.14. The van der Waals surface area contributed by atoms with Crippen molar-refractivity contribution in [3.05, 3.63) is 0 Å². The van der Waals surface area contributed by atoms with Crippen LogP contribution in [0, 0.1) is 11.8 Å². The average Bonchev–Trinajstić information content (AvgIpc) is 2.38. The second-order valence-corrected chi connectivity index (χ2v) is 6.84. The van der Waals surface area contributed by atoms with E-state index in [9.17, 15) is 4.79 Å². The lowest BCUT2D eigenvalue weighted by atomic mass is 10.0. The number of rotatable bonds is 13. The molecule has 20 heavy (non-hydrogen) atoms. The molecule has 0 aliphatic carbocycles. The Bertz CT molecular complexity index is 221. The number of ether oxygens (including phenoxy) is 1. The Morgan fingerprint density at radius 2 is 1.25 bits per heavy atom. The Kier molecular flexibility index (Phi) is 13.1. The molecule has 0 N–H and O–H groups in total. The smallest absolute Gasteiger partial charge is 0.305 e. The Morgan fingerprint density at radius 3 is 1.75 bits per heavy atom. The van der Waals surface area contributed by atoms with Crippen molar-refractivity contribution < 1.29 is 9.53 Å². The largest absolute Gasteiger partial charge is 0.465 e. The van der Waals surface area contributed by atoms with E-state index in [2.05, 4.69) is 27.7 Å². The summed E-state index contributed by atoms with van der Waals surface area (Å²) in [5, 5.41) is 0. The van der Waals surface area contributed by atoms with Gasteiger partial charge in [-0.1, -0.05) is 79.1 Å². The van der Waals surface area contributed by atoms with Gasteiger partial charge in [-0.3, -0.25) is 4.79 Å². The van der Waals surface area contributed by atoms with Crippen LogP contribution in [0.5, 0.6) is 0 Å². The quantitative estimate of drug-likeness (QED) is 0.318. The van der Waals surface area contributed by atoms with Crippen molar-refractivity contribution in [2.75, 3.05) is 6.61 Å². The second kappa shape index (κ2) is 13.5. The Morgan fingerprint density at radius 1 is 0.750 bits per heavy atom. The van der Waals surface area contributed by atoms with Crippen LogP contribution in [-0.2, 0) is 9.53 Å². The van der Waals surface area contributed by atoms with Gasteiger partial charge in [-0.05, 0) is 18.3 Å². The van der Waals surface area contributed by atoms with Gasteiger partial charge in [0.2, 0.25) is 0 Å². The summed E-state index contributed by atoms with van der Waals surface area (Å²) >= 11 is 0. The molecule has 0 aliphatic heterocycles. The number of hydrogen-bond acceptors (Lipinski definition) is 2. The van der Waals surface area contributed by atoms with E-state index in [-0.39, 0.29) is 5.97 Å². The van der Waals surface area contributed by atoms with E-state index in [1.807, 2.05) is 0 Å². The number of esters is 1. The molecule has 0 aromatic rings. The van der Waals surface area contributed by atoms with Gasteiger partial charge in [0.05, 0.1) is 6.61 Å². The fourth-order valence-electron chi connectivity index (χ4n) is 2.21. The molecule has 0 saturated carbocycles. The van der Waals surface area contributed by atoms with Crippen LogP contribution in [0.25, 0.3) is 0 Å². The van der Waals surface area contributed by atoms with Gasteiger partial charge in [0.25, 0.3) is 0 Å². The minimum atomic E-state index is -0.0209. The van der Waals surface area contributed by atoms with Gasteiger partial charge in [0, 0.05) is 6.42 Å². The van der Waals surface area contributed by atoms with Crippen LogP contribution in [0.4, 0.5) is 0 Å². The number of carbonyl (C=O) groups excluding carboxylic acids is 1. The average molecular weight is 284 g/mol. The van der Waals surface area contributed by atoms with Crippen LogP contribution < -0.4 is 0 Å². The zero-order valence-corrected chi connectivity index (χ0v) is 14.2. The van der Waals surface area contributed by atoms with E-state index >= 15 is 0 Å². The Labute approximate surface area is 126 Å². The zero-order valence-electron chi connectivity index (χ0n) is 14.2. The predicted octanol–water partition coefficient (Wildman–Crippen LogP) is 5.74. The highest BCUT2D eigenvalue weighted by atomic mass is 16.5. The zero-order chi connectivity index (χ0) is 15.2. The summed E-state index contributed by atoms with van der Waals surface area (Å²) in [5.41, 5.74) is 0. The molecule has 0 saturated heterocycles. The van der Waals surface area contributed by atoms with E-state index in [1.54, 1.807) is 0 Å². The highest BCUT2D eigenvalue weighted by Gasteiger charge is 2.03. The van der Waals surface area contributed by atoms with Crippen LogP contribution in [-0.4, -0.2) is 12.6 Å². The van der Waals surface area contributed by atoms with E-state index in [1.165, 1.54) is 51.4 Å². The van der Waals surface area contributed by atoms with Crippen molar-refractivity contribution in [3.8, 4) is 0 Å². The lowest BCUT2D eigenvalue weighted by molar-refractivity contribution is -0.144. The molecule has 0 fully saturated rings. The lowest BCUT2D eigenvalue weighted by Gasteiger charge is -2.07. The maximum atomic E-state index is 11.4. The van der Waals surface area contributed by atoms with E-state index in [0.717, 1.165) is 12.3 Å². The molecule has 0 rings (SSSR count). The molecule has 0 atom stereocenters. The first kappa shape index (κ1) is 19.5. The number of carbonyl (C=O) groups is 1. The van der Waals surface area contributed by atoms with E-state index < -0.39 is 0 Å². The van der Waals surface area contributed by atoms with E-state index in [4.69, 9.17) is 4.74 Å². The molecule has 0 bridgehead atoms. The molecule has 0 spiro atoms. The van der Waals surface area contributed by atoms with Crippen LogP contribution in [0.2, 0.25) is 0 Å². The van der Waals surface area contributed by atoms with Crippen molar-refractivity contribution >= 4 is 5.97 Å². The van der Waals surface area contributed by atoms with Gasteiger partial charge in [-0.25, -0.2) is 0 Å². The van der Waals surface area contributed by atoms with Crippen molar-refractivity contribution in [2.24, 2.45) is 11.8 Å². The third kappa shape index (κ3) is 15.5. The highest BCUT2D eigenvalue weighted by Crippen LogP contribution is 2.13. The molecule has 0 unspecified atom stereocenters. The first-order chi connectivity index (χ1) is 9.52. The van der Waals surface area contributed by atoms with Gasteiger partial charge >= 0.3 is 5.97 Å². The minimum absolute atomic E-state index is 0.0209. The van der Waals surface area contributed by atoms with Gasteiger partial charge in [-0.15, -0.1) is 0 Å². The lowest BCUT2D eigenvalue weighted by Crippen LogP contribution is -2.09. The summed E-state index contributed by atoms with van der Waals surface area (Å²) in [5.74, 6) is 1.27. The molecule has 0 heterocycles. The topological polar surface area (TPSA) is 26.3 Å². The van der Waals surface area contributed by atoms with Gasteiger partial charge in [0.1, 0.15) is 0 Å². The SMILES string of the molecule is CC(C)CCCCCCCCCCC(=O)OCC(C)C. The molecule has 2 nitrogen and oxygen atoms in total. The molecule has 2 heteroatoms. The maximum absolute atomic E-state index is 11.4. The van der Waals surface area contributed by atoms with Crippen LogP contribution >= 0.6 is 0 Å². The van der Waals surface area contributed by atoms with Gasteiger partial charge < -0.3 is 4.74 Å². The molecule has 120 valence electrons. The summed E-state index contributed by atoms with van der Waals surface area (Å²) < 4.78 is 5.16. The fourth-order valence-corrected chi connectivity index (χ4v) is 2.21. The maximum Gasteiger partial charge on any atom is 0.305 e. The number of unbranched alkanes of at least 4 members (excludes halogenated alkanes) is 7. The van der Waals surface area contributed by atoms with Crippen LogP contribution in [0.3, 0.4) is 0 Å². The molecular formula is C18H36O2. The second-order valence-electron chi connectivity index (χ2n) is 6.84. The van der Waals surface area contributed by atoms with Gasteiger partial charge in [0.15, 0.2) is 0 Å². The Hall–Kier alpha value is -0.530.